The van der Waals surface area contributed by atoms with Crippen LogP contribution in [0.1, 0.15) is 12.8 Å². The first-order chi connectivity index (χ1) is 6.23. The van der Waals surface area contributed by atoms with Crippen molar-refractivity contribution < 1.29 is 4.21 Å². The van der Waals surface area contributed by atoms with Crippen molar-refractivity contribution in [2.45, 2.75) is 17.6 Å². The maximum Gasteiger partial charge on any atom is 0.191 e. The molecule has 0 aromatic heterocycles. The van der Waals surface area contributed by atoms with E-state index in [1.165, 1.54) is 0 Å². The minimum absolute atomic E-state index is 0.0484. The van der Waals surface area contributed by atoms with E-state index in [4.69, 9.17) is 0 Å². The fourth-order valence-electron chi connectivity index (χ4n) is 1.47. The molecule has 2 aliphatic rings. The van der Waals surface area contributed by atoms with Gasteiger partial charge in [-0.1, -0.05) is 0 Å². The van der Waals surface area contributed by atoms with Crippen molar-refractivity contribution in [1.29, 1.82) is 0 Å². The second-order valence-corrected chi connectivity index (χ2v) is 5.42. The molecule has 0 aromatic carbocycles. The quantitative estimate of drug-likeness (QED) is 0.644. The third-order valence-corrected chi connectivity index (χ3v) is 4.44. The molecule has 0 amide bonds. The third kappa shape index (κ3) is 1.85. The zero-order chi connectivity index (χ0) is 9.31. The minimum Gasteiger partial charge on any atom is -0.355 e. The highest BCUT2D eigenvalue weighted by Gasteiger charge is 2.46. The molecule has 1 fully saturated rings. The van der Waals surface area contributed by atoms with Gasteiger partial charge in [0.2, 0.25) is 0 Å². The fourth-order valence-corrected chi connectivity index (χ4v) is 2.42. The standard InChI is InChI=1S/C8H15N3OS/c1-13(12)8(2-3-8)6-11-7-9-4-5-10-7/h2-6H2,1H3,(H2,9,10,11). The lowest BCUT2D eigenvalue weighted by atomic mass is 10.4. The smallest absolute Gasteiger partial charge is 0.191 e. The molecule has 13 heavy (non-hydrogen) atoms. The molecule has 1 saturated carbocycles. The Morgan fingerprint density at radius 1 is 1.69 bits per heavy atom. The van der Waals surface area contributed by atoms with Crippen molar-refractivity contribution in [1.82, 2.24) is 10.6 Å². The van der Waals surface area contributed by atoms with Gasteiger partial charge in [0.15, 0.2) is 5.96 Å². The molecule has 1 aliphatic heterocycles. The average molecular weight is 201 g/mol. The summed E-state index contributed by atoms with van der Waals surface area (Å²) < 4.78 is 11.4. The average Bonchev–Trinajstić information content (AvgIpc) is 2.73. The van der Waals surface area contributed by atoms with E-state index in [-0.39, 0.29) is 4.75 Å². The van der Waals surface area contributed by atoms with Crippen LogP contribution in [0.25, 0.3) is 0 Å². The molecule has 2 rings (SSSR count). The largest absolute Gasteiger partial charge is 0.355 e. The Bertz CT molecular complexity index is 260. The van der Waals surface area contributed by atoms with Crippen LogP contribution < -0.4 is 10.6 Å². The Hall–Kier alpha value is -0.580. The van der Waals surface area contributed by atoms with Crippen molar-refractivity contribution in [2.24, 2.45) is 4.99 Å². The normalized spacial score (nSPS) is 26.1. The highest BCUT2D eigenvalue weighted by molar-refractivity contribution is 7.86. The molecule has 1 heterocycles. The van der Waals surface area contributed by atoms with Crippen molar-refractivity contribution in [2.75, 3.05) is 25.9 Å². The molecular weight excluding hydrogens is 186 g/mol. The van der Waals surface area contributed by atoms with Crippen LogP contribution in [0.3, 0.4) is 0 Å². The predicted molar refractivity (Wildman–Crippen MR) is 54.3 cm³/mol. The predicted octanol–water partition coefficient (Wildman–Crippen LogP) is -0.554. The molecular formula is C8H15N3OS. The third-order valence-electron chi connectivity index (χ3n) is 2.67. The summed E-state index contributed by atoms with van der Waals surface area (Å²) >= 11 is 0. The molecule has 5 heteroatoms. The van der Waals surface area contributed by atoms with Gasteiger partial charge in [0, 0.05) is 30.1 Å². The summed E-state index contributed by atoms with van der Waals surface area (Å²) in [4.78, 5) is 4.22. The van der Waals surface area contributed by atoms with Crippen molar-refractivity contribution in [3.63, 3.8) is 0 Å². The molecule has 0 radical (unpaired) electrons. The zero-order valence-electron chi connectivity index (χ0n) is 7.80. The van der Waals surface area contributed by atoms with E-state index in [0.29, 0.717) is 0 Å². The highest BCUT2D eigenvalue weighted by atomic mass is 32.2. The molecule has 74 valence electrons. The van der Waals surface area contributed by atoms with Crippen molar-refractivity contribution in [3.05, 3.63) is 0 Å². The Morgan fingerprint density at radius 3 is 2.92 bits per heavy atom. The van der Waals surface area contributed by atoms with Gasteiger partial charge in [-0.15, -0.1) is 0 Å². The summed E-state index contributed by atoms with van der Waals surface area (Å²) in [5.41, 5.74) is 0. The zero-order valence-corrected chi connectivity index (χ0v) is 8.62. The molecule has 0 spiro atoms. The molecule has 1 unspecified atom stereocenters. The van der Waals surface area contributed by atoms with Gasteiger partial charge in [-0.3, -0.25) is 9.20 Å². The molecule has 2 N–H and O–H groups in total. The maximum absolute atomic E-state index is 11.3. The van der Waals surface area contributed by atoms with E-state index in [9.17, 15) is 4.21 Å². The number of guanidine groups is 1. The van der Waals surface area contributed by atoms with Gasteiger partial charge in [-0.05, 0) is 12.8 Å². The van der Waals surface area contributed by atoms with Crippen LogP contribution in [0, 0.1) is 0 Å². The lowest BCUT2D eigenvalue weighted by Gasteiger charge is -2.13. The highest BCUT2D eigenvalue weighted by Crippen LogP contribution is 2.40. The summed E-state index contributed by atoms with van der Waals surface area (Å²) in [7, 11) is -0.710. The number of nitrogens with one attached hydrogen (secondary N) is 2. The van der Waals surface area contributed by atoms with Crippen LogP contribution in [0.15, 0.2) is 4.99 Å². The van der Waals surface area contributed by atoms with Crippen LogP contribution in [0.5, 0.6) is 0 Å². The Balaban J connectivity index is 1.82. The second kappa shape index (κ2) is 3.29. The van der Waals surface area contributed by atoms with Gasteiger partial charge in [-0.2, -0.15) is 0 Å². The topological polar surface area (TPSA) is 53.5 Å². The first-order valence-electron chi connectivity index (χ1n) is 4.59. The van der Waals surface area contributed by atoms with Gasteiger partial charge in [0.1, 0.15) is 0 Å². The van der Waals surface area contributed by atoms with Crippen LogP contribution >= 0.6 is 0 Å². The summed E-state index contributed by atoms with van der Waals surface area (Å²) in [5.74, 6) is 0.872. The molecule has 1 atom stereocenters. The van der Waals surface area contributed by atoms with Gasteiger partial charge >= 0.3 is 0 Å². The monoisotopic (exact) mass is 201 g/mol. The number of nitrogens with zero attached hydrogens (tertiary/aromatic N) is 1. The van der Waals surface area contributed by atoms with Crippen molar-refractivity contribution >= 4 is 16.8 Å². The van der Waals surface area contributed by atoms with Gasteiger partial charge in [0.05, 0.1) is 11.3 Å². The summed E-state index contributed by atoms with van der Waals surface area (Å²) in [5, 5.41) is 6.35. The van der Waals surface area contributed by atoms with E-state index in [2.05, 4.69) is 15.6 Å². The SMILES string of the molecule is CS(=O)C1(CNC2=NCCN2)CC1. The van der Waals surface area contributed by atoms with E-state index in [1.807, 2.05) is 0 Å². The van der Waals surface area contributed by atoms with Gasteiger partial charge in [0.25, 0.3) is 0 Å². The van der Waals surface area contributed by atoms with Gasteiger partial charge < -0.3 is 10.6 Å². The summed E-state index contributed by atoms with van der Waals surface area (Å²) in [6.45, 7) is 2.57. The summed E-state index contributed by atoms with van der Waals surface area (Å²) in [6.07, 6.45) is 3.95. The Morgan fingerprint density at radius 2 is 2.46 bits per heavy atom. The van der Waals surface area contributed by atoms with E-state index in [0.717, 1.165) is 38.4 Å². The van der Waals surface area contributed by atoms with E-state index < -0.39 is 10.8 Å². The van der Waals surface area contributed by atoms with Gasteiger partial charge in [-0.25, -0.2) is 0 Å². The van der Waals surface area contributed by atoms with E-state index >= 15 is 0 Å². The van der Waals surface area contributed by atoms with Crippen molar-refractivity contribution in [3.8, 4) is 0 Å². The number of hydrogen-bond acceptors (Lipinski definition) is 4. The minimum atomic E-state index is -0.710. The molecule has 4 nitrogen and oxygen atoms in total. The van der Waals surface area contributed by atoms with E-state index in [1.54, 1.807) is 6.26 Å². The lowest BCUT2D eigenvalue weighted by Crippen LogP contribution is -2.40. The molecule has 0 bridgehead atoms. The number of hydrogen-bond donors (Lipinski definition) is 2. The summed E-state index contributed by atoms with van der Waals surface area (Å²) in [6, 6.07) is 0. The number of rotatable bonds is 3. The van der Waals surface area contributed by atoms with Crippen LogP contribution in [-0.2, 0) is 10.8 Å². The fraction of sp³-hybridized carbons (Fsp3) is 0.875. The van der Waals surface area contributed by atoms with Crippen LogP contribution in [0.4, 0.5) is 0 Å². The second-order valence-electron chi connectivity index (χ2n) is 3.65. The molecule has 0 aromatic rings. The van der Waals surface area contributed by atoms with Crippen LogP contribution in [-0.4, -0.2) is 40.8 Å². The lowest BCUT2D eigenvalue weighted by molar-refractivity contribution is 0.665. The Kier molecular flexibility index (Phi) is 2.27. The van der Waals surface area contributed by atoms with Crippen LogP contribution in [0.2, 0.25) is 0 Å². The number of aliphatic imine (C=N–C) groups is 1. The first-order valence-corrected chi connectivity index (χ1v) is 6.14. The molecule has 0 saturated heterocycles. The first kappa shape index (κ1) is 8.99. The molecule has 1 aliphatic carbocycles. The Labute approximate surface area is 80.7 Å². The maximum atomic E-state index is 11.3.